The van der Waals surface area contributed by atoms with Crippen LogP contribution in [0.1, 0.15) is 27.4 Å². The van der Waals surface area contributed by atoms with Gasteiger partial charge in [-0.2, -0.15) is 0 Å². The van der Waals surface area contributed by atoms with E-state index in [1.165, 1.54) is 11.6 Å². The minimum atomic E-state index is -1.15. The van der Waals surface area contributed by atoms with Crippen molar-refractivity contribution in [1.82, 2.24) is 0 Å². The number of benzene rings is 2. The summed E-state index contributed by atoms with van der Waals surface area (Å²) in [5, 5.41) is 10.9. The van der Waals surface area contributed by atoms with Gasteiger partial charge in [0.15, 0.2) is 0 Å². The van der Waals surface area contributed by atoms with Gasteiger partial charge in [0.05, 0.1) is 12.6 Å². The second-order valence-corrected chi connectivity index (χ2v) is 4.74. The first-order chi connectivity index (χ1) is 9.24. The Kier molecular flexibility index (Phi) is 2.95. The van der Waals surface area contributed by atoms with Gasteiger partial charge in [0.2, 0.25) is 0 Å². The highest BCUT2D eigenvalue weighted by atomic mass is 16.5. The van der Waals surface area contributed by atoms with Crippen molar-refractivity contribution in [2.24, 2.45) is 0 Å². The van der Waals surface area contributed by atoms with Crippen molar-refractivity contribution in [3.8, 4) is 5.75 Å². The lowest BCUT2D eigenvalue weighted by molar-refractivity contribution is -0.255. The molecule has 1 atom stereocenters. The van der Waals surface area contributed by atoms with E-state index in [9.17, 15) is 9.90 Å². The maximum atomic E-state index is 10.9. The maximum absolute atomic E-state index is 10.9. The van der Waals surface area contributed by atoms with Gasteiger partial charge in [-0.05, 0) is 35.7 Å². The largest absolute Gasteiger partial charge is 0.545 e. The summed E-state index contributed by atoms with van der Waals surface area (Å²) in [6.45, 7) is 0.598. The number of fused-ring (bicyclic) bond motifs is 1. The molecule has 1 unspecified atom stereocenters. The van der Waals surface area contributed by atoms with Gasteiger partial charge in [-0.3, -0.25) is 0 Å². The van der Waals surface area contributed by atoms with Crippen molar-refractivity contribution >= 4 is 5.97 Å². The molecule has 0 fully saturated rings. The quantitative estimate of drug-likeness (QED) is 0.837. The van der Waals surface area contributed by atoms with Crippen LogP contribution in [0.3, 0.4) is 0 Å². The monoisotopic (exact) mass is 253 g/mol. The average Bonchev–Trinajstić information content (AvgIpc) is 2.82. The summed E-state index contributed by atoms with van der Waals surface area (Å²) in [6, 6.07) is 15.0. The molecular formula is C16H13O3-. The first-order valence-electron chi connectivity index (χ1n) is 6.26. The topological polar surface area (TPSA) is 49.4 Å². The zero-order chi connectivity index (χ0) is 13.2. The number of carbonyl (C=O) groups is 1. The summed E-state index contributed by atoms with van der Waals surface area (Å²) in [5.41, 5.74) is 2.40. The molecule has 2 aromatic rings. The Balaban J connectivity index is 1.88. The lowest BCUT2D eigenvalue weighted by atomic mass is 9.93. The lowest BCUT2D eigenvalue weighted by Gasteiger charge is -2.10. The number of carboxylic acid groups (broad SMARTS) is 1. The fraction of sp³-hybridized carbons (Fsp3) is 0.188. The zero-order valence-corrected chi connectivity index (χ0v) is 10.3. The highest BCUT2D eigenvalue weighted by molar-refractivity contribution is 5.86. The third-order valence-electron chi connectivity index (χ3n) is 3.45. The summed E-state index contributed by atoms with van der Waals surface area (Å²) >= 11 is 0. The molecule has 0 amide bonds. The van der Waals surface area contributed by atoms with Crippen LogP contribution < -0.4 is 9.84 Å². The average molecular weight is 253 g/mol. The number of carbonyl (C=O) groups excluding carboxylic acids is 1. The Morgan fingerprint density at radius 1 is 1.21 bits per heavy atom. The first kappa shape index (κ1) is 11.8. The van der Waals surface area contributed by atoms with E-state index < -0.39 is 5.97 Å². The standard InChI is InChI=1S/C16H14O3/c17-16(18)12-6-7-15-14(9-12)13(10-19-15)8-11-4-2-1-3-5-11/h1-7,9,13H,8,10H2,(H,17,18)/p-1. The van der Waals surface area contributed by atoms with E-state index in [1.54, 1.807) is 12.1 Å². The molecule has 1 aliphatic heterocycles. The van der Waals surface area contributed by atoms with Crippen LogP contribution in [0, 0.1) is 0 Å². The van der Waals surface area contributed by atoms with Crippen LogP contribution in [0.25, 0.3) is 0 Å². The number of ether oxygens (including phenoxy) is 1. The predicted molar refractivity (Wildman–Crippen MR) is 69.2 cm³/mol. The van der Waals surface area contributed by atoms with Crippen LogP contribution in [-0.2, 0) is 6.42 Å². The second kappa shape index (κ2) is 4.76. The Labute approximate surface area is 111 Å². The number of rotatable bonds is 3. The molecule has 0 aromatic heterocycles. The summed E-state index contributed by atoms with van der Waals surface area (Å²) < 4.78 is 5.60. The molecule has 2 aromatic carbocycles. The smallest absolute Gasteiger partial charge is 0.122 e. The molecule has 0 bridgehead atoms. The molecule has 19 heavy (non-hydrogen) atoms. The van der Waals surface area contributed by atoms with Crippen molar-refractivity contribution in [1.29, 1.82) is 0 Å². The number of aromatic carboxylic acids is 1. The molecule has 0 saturated heterocycles. The van der Waals surface area contributed by atoms with Gasteiger partial charge in [0.25, 0.3) is 0 Å². The number of hydrogen-bond acceptors (Lipinski definition) is 3. The van der Waals surface area contributed by atoms with E-state index >= 15 is 0 Å². The van der Waals surface area contributed by atoms with E-state index in [0.717, 1.165) is 17.7 Å². The van der Waals surface area contributed by atoms with Crippen molar-refractivity contribution in [3.05, 3.63) is 65.2 Å². The third kappa shape index (κ3) is 2.32. The first-order valence-corrected chi connectivity index (χ1v) is 6.26. The summed E-state index contributed by atoms with van der Waals surface area (Å²) in [6.07, 6.45) is 0.852. The third-order valence-corrected chi connectivity index (χ3v) is 3.45. The van der Waals surface area contributed by atoms with Gasteiger partial charge in [-0.25, -0.2) is 0 Å². The van der Waals surface area contributed by atoms with Crippen molar-refractivity contribution in [2.75, 3.05) is 6.61 Å². The molecule has 1 aliphatic rings. The lowest BCUT2D eigenvalue weighted by Crippen LogP contribution is -2.22. The van der Waals surface area contributed by atoms with Crippen LogP contribution in [0.15, 0.2) is 48.5 Å². The minimum absolute atomic E-state index is 0.205. The second-order valence-electron chi connectivity index (χ2n) is 4.74. The highest BCUT2D eigenvalue weighted by Crippen LogP contribution is 2.36. The van der Waals surface area contributed by atoms with E-state index in [-0.39, 0.29) is 11.5 Å². The maximum Gasteiger partial charge on any atom is 0.122 e. The molecule has 0 radical (unpaired) electrons. The van der Waals surface area contributed by atoms with Gasteiger partial charge in [0.1, 0.15) is 5.75 Å². The zero-order valence-electron chi connectivity index (χ0n) is 10.3. The highest BCUT2D eigenvalue weighted by Gasteiger charge is 2.24. The van der Waals surface area contributed by atoms with E-state index in [4.69, 9.17) is 4.74 Å². The van der Waals surface area contributed by atoms with Crippen molar-refractivity contribution in [3.63, 3.8) is 0 Å². The molecule has 3 nitrogen and oxygen atoms in total. The van der Waals surface area contributed by atoms with E-state index in [2.05, 4.69) is 12.1 Å². The summed E-state index contributed by atoms with van der Waals surface area (Å²) in [7, 11) is 0. The summed E-state index contributed by atoms with van der Waals surface area (Å²) in [4.78, 5) is 10.9. The van der Waals surface area contributed by atoms with E-state index in [1.807, 2.05) is 18.2 Å². The van der Waals surface area contributed by atoms with Crippen LogP contribution in [0.5, 0.6) is 5.75 Å². The normalized spacial score (nSPS) is 16.7. The molecule has 0 saturated carbocycles. The Hall–Kier alpha value is -2.29. The van der Waals surface area contributed by atoms with Crippen LogP contribution in [-0.4, -0.2) is 12.6 Å². The summed E-state index contributed by atoms with van der Waals surface area (Å²) in [5.74, 6) is -0.157. The van der Waals surface area contributed by atoms with Crippen LogP contribution in [0.2, 0.25) is 0 Å². The molecule has 3 heteroatoms. The molecular weight excluding hydrogens is 240 g/mol. The van der Waals surface area contributed by atoms with Gasteiger partial charge in [-0.1, -0.05) is 30.3 Å². The van der Waals surface area contributed by atoms with Crippen molar-refractivity contribution < 1.29 is 14.6 Å². The van der Waals surface area contributed by atoms with Crippen LogP contribution >= 0.6 is 0 Å². The van der Waals surface area contributed by atoms with E-state index in [0.29, 0.717) is 6.61 Å². The molecule has 0 aliphatic carbocycles. The van der Waals surface area contributed by atoms with Gasteiger partial charge >= 0.3 is 0 Å². The number of hydrogen-bond donors (Lipinski definition) is 0. The Morgan fingerprint density at radius 2 is 2.00 bits per heavy atom. The number of carboxylic acids is 1. The molecule has 1 heterocycles. The minimum Gasteiger partial charge on any atom is -0.545 e. The fourth-order valence-electron chi connectivity index (χ4n) is 2.47. The van der Waals surface area contributed by atoms with Crippen molar-refractivity contribution in [2.45, 2.75) is 12.3 Å². The fourth-order valence-corrected chi connectivity index (χ4v) is 2.47. The van der Waals surface area contributed by atoms with Gasteiger partial charge in [0, 0.05) is 11.5 Å². The molecule has 0 N–H and O–H groups in total. The Bertz CT molecular complexity index is 605. The molecule has 0 spiro atoms. The molecule has 3 rings (SSSR count). The molecule has 96 valence electrons. The van der Waals surface area contributed by atoms with Gasteiger partial charge < -0.3 is 14.6 Å². The SMILES string of the molecule is O=C([O-])c1ccc2c(c1)C(Cc1ccccc1)CO2. The Morgan fingerprint density at radius 3 is 2.74 bits per heavy atom. The van der Waals surface area contributed by atoms with Gasteiger partial charge in [-0.15, -0.1) is 0 Å². The van der Waals surface area contributed by atoms with Crippen LogP contribution in [0.4, 0.5) is 0 Å². The predicted octanol–water partition coefficient (Wildman–Crippen LogP) is 1.77.